The van der Waals surface area contributed by atoms with Gasteiger partial charge in [0.25, 0.3) is 0 Å². The normalized spacial score (nSPS) is 11.1. The van der Waals surface area contributed by atoms with Gasteiger partial charge in [-0.1, -0.05) is 6.92 Å². The van der Waals surface area contributed by atoms with Gasteiger partial charge in [-0.25, -0.2) is 0 Å². The number of fused-ring (bicyclic) bond motifs is 1. The summed E-state index contributed by atoms with van der Waals surface area (Å²) in [5.74, 6) is 1.75. The van der Waals surface area contributed by atoms with Gasteiger partial charge in [-0.3, -0.25) is 0 Å². The fourth-order valence-corrected chi connectivity index (χ4v) is 2.13. The molecule has 0 amide bonds. The number of furan rings is 1. The van der Waals surface area contributed by atoms with Crippen molar-refractivity contribution in [1.82, 2.24) is 5.32 Å². The van der Waals surface area contributed by atoms with E-state index in [2.05, 4.69) is 12.2 Å². The molecule has 19 heavy (non-hydrogen) atoms. The fourth-order valence-electron chi connectivity index (χ4n) is 2.13. The average molecular weight is 263 g/mol. The van der Waals surface area contributed by atoms with E-state index in [4.69, 9.17) is 13.9 Å². The first kappa shape index (κ1) is 13.9. The third-order valence-corrected chi connectivity index (χ3v) is 3.08. The summed E-state index contributed by atoms with van der Waals surface area (Å²) in [6.45, 7) is 4.41. The van der Waals surface area contributed by atoms with E-state index >= 15 is 0 Å². The Labute approximate surface area is 113 Å². The van der Waals surface area contributed by atoms with Gasteiger partial charge in [-0.05, 0) is 25.1 Å². The smallest absolute Gasteiger partial charge is 0.138 e. The van der Waals surface area contributed by atoms with E-state index in [1.807, 2.05) is 18.2 Å². The zero-order valence-corrected chi connectivity index (χ0v) is 11.8. The van der Waals surface area contributed by atoms with Gasteiger partial charge in [-0.2, -0.15) is 0 Å². The van der Waals surface area contributed by atoms with Crippen LogP contribution in [0, 0.1) is 0 Å². The molecular formula is C15H21NO3. The van der Waals surface area contributed by atoms with Crippen molar-refractivity contribution in [2.75, 3.05) is 20.8 Å². The Morgan fingerprint density at radius 1 is 1.26 bits per heavy atom. The molecule has 2 aromatic rings. The van der Waals surface area contributed by atoms with Crippen LogP contribution in [0.2, 0.25) is 0 Å². The monoisotopic (exact) mass is 263 g/mol. The number of ether oxygens (including phenoxy) is 2. The second-order valence-electron chi connectivity index (χ2n) is 4.48. The highest BCUT2D eigenvalue weighted by atomic mass is 16.5. The van der Waals surface area contributed by atoms with Crippen LogP contribution >= 0.6 is 0 Å². The molecule has 4 heteroatoms. The quantitative estimate of drug-likeness (QED) is 0.780. The maximum atomic E-state index is 5.92. The van der Waals surface area contributed by atoms with Crippen LogP contribution in [-0.4, -0.2) is 20.8 Å². The van der Waals surface area contributed by atoms with Gasteiger partial charge < -0.3 is 19.2 Å². The maximum absolute atomic E-state index is 5.92. The predicted octanol–water partition coefficient (Wildman–Crippen LogP) is 3.09. The van der Waals surface area contributed by atoms with Crippen molar-refractivity contribution in [1.29, 1.82) is 0 Å². The number of hydrogen-bond donors (Lipinski definition) is 1. The minimum atomic E-state index is 0.558. The molecule has 104 valence electrons. The molecule has 0 spiro atoms. The fraction of sp³-hybridized carbons (Fsp3) is 0.467. The van der Waals surface area contributed by atoms with E-state index in [0.29, 0.717) is 6.61 Å². The van der Waals surface area contributed by atoms with Gasteiger partial charge in [0, 0.05) is 24.1 Å². The molecule has 0 unspecified atom stereocenters. The molecule has 0 aliphatic rings. The summed E-state index contributed by atoms with van der Waals surface area (Å²) >= 11 is 0. The maximum Gasteiger partial charge on any atom is 0.138 e. The molecule has 0 radical (unpaired) electrons. The minimum absolute atomic E-state index is 0.558. The van der Waals surface area contributed by atoms with Gasteiger partial charge in [-0.15, -0.1) is 0 Å². The van der Waals surface area contributed by atoms with Crippen molar-refractivity contribution in [2.45, 2.75) is 26.5 Å². The van der Waals surface area contributed by atoms with Crippen molar-refractivity contribution in [3.05, 3.63) is 29.5 Å². The van der Waals surface area contributed by atoms with Crippen LogP contribution in [0.1, 0.15) is 24.7 Å². The lowest BCUT2D eigenvalue weighted by atomic mass is 10.1. The molecule has 2 rings (SSSR count). The number of rotatable bonds is 7. The summed E-state index contributed by atoms with van der Waals surface area (Å²) in [5, 5.41) is 4.45. The van der Waals surface area contributed by atoms with E-state index in [1.54, 1.807) is 14.2 Å². The zero-order chi connectivity index (χ0) is 13.7. The van der Waals surface area contributed by atoms with Crippen LogP contribution in [0.4, 0.5) is 0 Å². The highest BCUT2D eigenvalue weighted by Crippen LogP contribution is 2.29. The van der Waals surface area contributed by atoms with Crippen LogP contribution < -0.4 is 10.1 Å². The molecule has 0 aliphatic heterocycles. The Morgan fingerprint density at radius 2 is 2.11 bits per heavy atom. The molecule has 4 nitrogen and oxygen atoms in total. The Hall–Kier alpha value is -1.52. The van der Waals surface area contributed by atoms with Crippen LogP contribution in [0.3, 0.4) is 0 Å². The van der Waals surface area contributed by atoms with E-state index in [9.17, 15) is 0 Å². The SMILES string of the molecule is CCCNCc1oc2cc(OC)ccc2c1COC. The molecule has 1 aromatic heterocycles. The summed E-state index contributed by atoms with van der Waals surface area (Å²) < 4.78 is 16.4. The summed E-state index contributed by atoms with van der Waals surface area (Å²) in [6.07, 6.45) is 1.10. The average Bonchev–Trinajstić information content (AvgIpc) is 2.77. The number of benzene rings is 1. The van der Waals surface area contributed by atoms with Crippen molar-refractivity contribution in [3.63, 3.8) is 0 Å². The van der Waals surface area contributed by atoms with E-state index in [-0.39, 0.29) is 0 Å². The van der Waals surface area contributed by atoms with Gasteiger partial charge in [0.15, 0.2) is 0 Å². The van der Waals surface area contributed by atoms with Crippen LogP contribution in [0.25, 0.3) is 11.0 Å². The van der Waals surface area contributed by atoms with Gasteiger partial charge >= 0.3 is 0 Å². The molecular weight excluding hydrogens is 242 g/mol. The molecule has 1 heterocycles. The van der Waals surface area contributed by atoms with Crippen LogP contribution in [0.5, 0.6) is 5.75 Å². The van der Waals surface area contributed by atoms with Crippen molar-refractivity contribution in [2.24, 2.45) is 0 Å². The topological polar surface area (TPSA) is 43.6 Å². The van der Waals surface area contributed by atoms with Crippen molar-refractivity contribution in [3.8, 4) is 5.75 Å². The summed E-state index contributed by atoms with van der Waals surface area (Å²) in [5.41, 5.74) is 1.96. The summed E-state index contributed by atoms with van der Waals surface area (Å²) in [7, 11) is 3.36. The minimum Gasteiger partial charge on any atom is -0.497 e. The van der Waals surface area contributed by atoms with Gasteiger partial charge in [0.05, 0.1) is 20.3 Å². The lowest BCUT2D eigenvalue weighted by molar-refractivity contribution is 0.183. The van der Waals surface area contributed by atoms with E-state index in [0.717, 1.165) is 47.6 Å². The molecule has 0 saturated carbocycles. The second kappa shape index (κ2) is 6.59. The molecule has 1 N–H and O–H groups in total. The first-order valence-corrected chi connectivity index (χ1v) is 6.58. The molecule has 0 saturated heterocycles. The lowest BCUT2D eigenvalue weighted by Crippen LogP contribution is -2.14. The first-order valence-electron chi connectivity index (χ1n) is 6.58. The van der Waals surface area contributed by atoms with Crippen LogP contribution in [-0.2, 0) is 17.9 Å². The number of hydrogen-bond acceptors (Lipinski definition) is 4. The van der Waals surface area contributed by atoms with Gasteiger partial charge in [0.2, 0.25) is 0 Å². The Morgan fingerprint density at radius 3 is 2.79 bits per heavy atom. The number of methoxy groups -OCH3 is 2. The predicted molar refractivity (Wildman–Crippen MR) is 75.5 cm³/mol. The largest absolute Gasteiger partial charge is 0.497 e. The van der Waals surface area contributed by atoms with E-state index in [1.165, 1.54) is 0 Å². The molecule has 0 bridgehead atoms. The third kappa shape index (κ3) is 3.08. The lowest BCUT2D eigenvalue weighted by Gasteiger charge is -2.03. The molecule has 0 fully saturated rings. The molecule has 0 atom stereocenters. The second-order valence-corrected chi connectivity index (χ2v) is 4.48. The van der Waals surface area contributed by atoms with Crippen LogP contribution in [0.15, 0.2) is 22.6 Å². The Bertz CT molecular complexity index is 533. The Balaban J connectivity index is 2.34. The third-order valence-electron chi connectivity index (χ3n) is 3.08. The molecule has 0 aliphatic carbocycles. The van der Waals surface area contributed by atoms with E-state index < -0.39 is 0 Å². The Kier molecular flexibility index (Phi) is 4.82. The summed E-state index contributed by atoms with van der Waals surface area (Å²) in [6, 6.07) is 5.88. The highest BCUT2D eigenvalue weighted by Gasteiger charge is 2.14. The molecule has 1 aromatic carbocycles. The van der Waals surface area contributed by atoms with Crippen molar-refractivity contribution >= 4 is 11.0 Å². The zero-order valence-electron chi connectivity index (χ0n) is 11.8. The summed E-state index contributed by atoms with van der Waals surface area (Å²) in [4.78, 5) is 0. The van der Waals surface area contributed by atoms with Gasteiger partial charge in [0.1, 0.15) is 17.1 Å². The highest BCUT2D eigenvalue weighted by molar-refractivity contribution is 5.83. The van der Waals surface area contributed by atoms with Crippen molar-refractivity contribution < 1.29 is 13.9 Å². The standard InChI is InChI=1S/C15H21NO3/c1-4-7-16-9-15-13(10-17-2)12-6-5-11(18-3)8-14(12)19-15/h5-6,8,16H,4,7,9-10H2,1-3H3. The number of nitrogens with one attached hydrogen (secondary N) is 1. The first-order chi connectivity index (χ1) is 9.30.